The Morgan fingerprint density at radius 1 is 1.29 bits per heavy atom. The molecule has 150 valence electrons. The van der Waals surface area contributed by atoms with E-state index in [1.165, 1.54) is 17.1 Å². The van der Waals surface area contributed by atoms with Crippen molar-refractivity contribution in [2.75, 3.05) is 18.5 Å². The first kappa shape index (κ1) is 19.6. The van der Waals surface area contributed by atoms with Crippen LogP contribution in [0.25, 0.3) is 0 Å². The van der Waals surface area contributed by atoms with Gasteiger partial charge in [-0.2, -0.15) is 18.9 Å². The van der Waals surface area contributed by atoms with Crippen LogP contribution in [-0.2, 0) is 9.53 Å². The highest BCUT2D eigenvalue weighted by Crippen LogP contribution is 2.39. The highest BCUT2D eigenvalue weighted by molar-refractivity contribution is 5.92. The van der Waals surface area contributed by atoms with Crippen molar-refractivity contribution < 1.29 is 27.8 Å². The molecular weight excluding hydrogens is 374 g/mol. The number of carbonyl (C=O) groups is 1. The van der Waals surface area contributed by atoms with Crippen LogP contribution in [0, 0.1) is 0 Å². The Hall–Kier alpha value is -3.17. The molecule has 10 heteroatoms. The molecule has 1 aromatic carbocycles. The van der Waals surface area contributed by atoms with Crippen molar-refractivity contribution in [1.29, 1.82) is 0 Å². The first-order chi connectivity index (χ1) is 13.5. The second-order valence-electron chi connectivity index (χ2n) is 5.83. The van der Waals surface area contributed by atoms with Gasteiger partial charge in [-0.25, -0.2) is 9.48 Å². The van der Waals surface area contributed by atoms with E-state index in [4.69, 9.17) is 9.47 Å². The summed E-state index contributed by atoms with van der Waals surface area (Å²) >= 11 is 0. The summed E-state index contributed by atoms with van der Waals surface area (Å²) in [5.41, 5.74) is 1.49. The number of benzene rings is 1. The van der Waals surface area contributed by atoms with Gasteiger partial charge in [0.2, 0.25) is 5.95 Å². The number of nitrogens with one attached hydrogen (secondary N) is 1. The van der Waals surface area contributed by atoms with Gasteiger partial charge in [-0.15, -0.1) is 0 Å². The molecule has 8 nitrogen and oxygen atoms in total. The summed E-state index contributed by atoms with van der Waals surface area (Å²) in [6, 6.07) is 3.84. The van der Waals surface area contributed by atoms with Crippen molar-refractivity contribution in [3.63, 3.8) is 0 Å². The Balaban J connectivity index is 2.11. The van der Waals surface area contributed by atoms with E-state index in [1.807, 2.05) is 0 Å². The number of fused-ring (bicyclic) bond motifs is 1. The van der Waals surface area contributed by atoms with E-state index in [9.17, 15) is 13.6 Å². The minimum atomic E-state index is -2.98. The zero-order chi connectivity index (χ0) is 20.3. The normalized spacial score (nSPS) is 15.9. The van der Waals surface area contributed by atoms with Crippen molar-refractivity contribution in [2.45, 2.75) is 33.4 Å². The molecule has 2 aromatic rings. The maximum absolute atomic E-state index is 12.7. The average Bonchev–Trinajstić information content (AvgIpc) is 3.10. The summed E-state index contributed by atoms with van der Waals surface area (Å²) < 4.78 is 42.1. The van der Waals surface area contributed by atoms with Gasteiger partial charge < -0.3 is 19.5 Å². The third-order valence-electron chi connectivity index (χ3n) is 4.09. The number of hydrogen-bond acceptors (Lipinski definition) is 7. The molecule has 1 aliphatic heterocycles. The molecule has 0 spiro atoms. The van der Waals surface area contributed by atoms with Gasteiger partial charge in [-0.1, -0.05) is 6.07 Å². The molecule has 1 aromatic heterocycles. The first-order valence-corrected chi connectivity index (χ1v) is 8.72. The van der Waals surface area contributed by atoms with Crippen LogP contribution in [0.3, 0.4) is 0 Å². The number of halogens is 2. The van der Waals surface area contributed by atoms with Crippen LogP contribution in [0.15, 0.2) is 35.8 Å². The van der Waals surface area contributed by atoms with Gasteiger partial charge in [0.15, 0.2) is 11.5 Å². The Morgan fingerprint density at radius 3 is 2.75 bits per heavy atom. The predicted molar refractivity (Wildman–Crippen MR) is 95.4 cm³/mol. The molecule has 3 rings (SSSR count). The maximum atomic E-state index is 12.7. The lowest BCUT2D eigenvalue weighted by Gasteiger charge is -2.28. The van der Waals surface area contributed by atoms with E-state index in [1.54, 1.807) is 32.9 Å². The highest BCUT2D eigenvalue weighted by Gasteiger charge is 2.34. The fraction of sp³-hybridized carbons (Fsp3) is 0.389. The van der Waals surface area contributed by atoms with Gasteiger partial charge in [0, 0.05) is 5.70 Å². The van der Waals surface area contributed by atoms with Crippen LogP contribution in [0.2, 0.25) is 0 Å². The predicted octanol–water partition coefficient (Wildman–Crippen LogP) is 3.13. The molecule has 0 amide bonds. The Morgan fingerprint density at radius 2 is 2.07 bits per heavy atom. The quantitative estimate of drug-likeness (QED) is 0.722. The van der Waals surface area contributed by atoms with Gasteiger partial charge in [-0.05, 0) is 38.5 Å². The average molecular weight is 394 g/mol. The molecule has 0 saturated heterocycles. The smallest absolute Gasteiger partial charge is 0.387 e. The van der Waals surface area contributed by atoms with Crippen LogP contribution < -0.4 is 14.8 Å². The number of allylic oxidation sites excluding steroid dienone is 1. The van der Waals surface area contributed by atoms with Gasteiger partial charge in [-0.3, -0.25) is 0 Å². The largest absolute Gasteiger partial charge is 0.490 e. The molecule has 1 atom stereocenters. The van der Waals surface area contributed by atoms with E-state index in [2.05, 4.69) is 20.1 Å². The molecule has 0 radical (unpaired) electrons. The van der Waals surface area contributed by atoms with Crippen LogP contribution in [0.5, 0.6) is 11.5 Å². The van der Waals surface area contributed by atoms with E-state index in [0.717, 1.165) is 0 Å². The minimum absolute atomic E-state index is 0.0910. The third-order valence-corrected chi connectivity index (χ3v) is 4.09. The SMILES string of the molecule is CCOC(=O)C1=C(C)Nc2ncnn2[C@H]1c1ccc(OC(F)F)c(OCC)c1. The Labute approximate surface area is 160 Å². The molecule has 0 aliphatic carbocycles. The van der Waals surface area contributed by atoms with Gasteiger partial charge >= 0.3 is 12.6 Å². The number of nitrogens with zero attached hydrogens (tertiary/aromatic N) is 3. The molecule has 0 bridgehead atoms. The van der Waals surface area contributed by atoms with Crippen molar-refractivity contribution in [3.8, 4) is 11.5 Å². The summed E-state index contributed by atoms with van der Waals surface area (Å²) in [6.07, 6.45) is 1.36. The summed E-state index contributed by atoms with van der Waals surface area (Å²) in [7, 11) is 0. The lowest BCUT2D eigenvalue weighted by molar-refractivity contribution is -0.139. The molecular formula is C18H20F2N4O4. The van der Waals surface area contributed by atoms with Crippen LogP contribution in [-0.4, -0.2) is 40.6 Å². The van der Waals surface area contributed by atoms with E-state index in [0.29, 0.717) is 22.8 Å². The monoisotopic (exact) mass is 394 g/mol. The number of hydrogen-bond donors (Lipinski definition) is 1. The molecule has 0 saturated carbocycles. The van der Waals surface area contributed by atoms with E-state index >= 15 is 0 Å². The second-order valence-corrected chi connectivity index (χ2v) is 5.83. The standard InChI is InChI=1S/C18H20F2N4O4/c1-4-26-13-8-11(6-7-12(13)28-17(19)20)15-14(16(25)27-5-2)10(3)23-18-21-9-22-24(15)18/h6-9,15,17H,4-5H2,1-3H3,(H,21,22,23)/t15-/m0/s1. The second kappa shape index (κ2) is 8.24. The van der Waals surface area contributed by atoms with E-state index < -0.39 is 18.6 Å². The number of alkyl halides is 2. The molecule has 28 heavy (non-hydrogen) atoms. The maximum Gasteiger partial charge on any atom is 0.387 e. The van der Waals surface area contributed by atoms with Crippen molar-refractivity contribution in [1.82, 2.24) is 14.8 Å². The van der Waals surface area contributed by atoms with Gasteiger partial charge in [0.1, 0.15) is 12.4 Å². The topological polar surface area (TPSA) is 87.5 Å². The van der Waals surface area contributed by atoms with Crippen LogP contribution in [0.4, 0.5) is 14.7 Å². The van der Waals surface area contributed by atoms with Crippen molar-refractivity contribution >= 4 is 11.9 Å². The highest BCUT2D eigenvalue weighted by atomic mass is 19.3. The number of ether oxygens (including phenoxy) is 3. The summed E-state index contributed by atoms with van der Waals surface area (Å²) in [4.78, 5) is 16.7. The molecule has 2 heterocycles. The molecule has 1 aliphatic rings. The third kappa shape index (κ3) is 3.75. The van der Waals surface area contributed by atoms with E-state index in [-0.39, 0.29) is 24.7 Å². The fourth-order valence-electron chi connectivity index (χ4n) is 3.03. The summed E-state index contributed by atoms with van der Waals surface area (Å²) in [5.74, 6) is -0.0148. The van der Waals surface area contributed by atoms with Crippen LogP contribution in [0.1, 0.15) is 32.4 Å². The summed E-state index contributed by atoms with van der Waals surface area (Å²) in [5, 5.41) is 7.22. The fourth-order valence-corrected chi connectivity index (χ4v) is 3.03. The minimum Gasteiger partial charge on any atom is -0.490 e. The number of rotatable bonds is 7. The number of aromatic nitrogens is 3. The number of anilines is 1. The van der Waals surface area contributed by atoms with Crippen molar-refractivity contribution in [3.05, 3.63) is 41.4 Å². The summed E-state index contributed by atoms with van der Waals surface area (Å²) in [6.45, 7) is 2.65. The molecule has 0 fully saturated rings. The molecule has 0 unspecified atom stereocenters. The Kier molecular flexibility index (Phi) is 5.76. The van der Waals surface area contributed by atoms with Gasteiger partial charge in [0.05, 0.1) is 18.8 Å². The lowest BCUT2D eigenvalue weighted by Crippen LogP contribution is -2.29. The zero-order valence-corrected chi connectivity index (χ0v) is 15.6. The van der Waals surface area contributed by atoms with Crippen molar-refractivity contribution in [2.24, 2.45) is 0 Å². The number of esters is 1. The van der Waals surface area contributed by atoms with Crippen LogP contribution >= 0.6 is 0 Å². The number of carbonyl (C=O) groups excluding carboxylic acids is 1. The zero-order valence-electron chi connectivity index (χ0n) is 15.6. The first-order valence-electron chi connectivity index (χ1n) is 8.72. The Bertz CT molecular complexity index is 897. The molecule has 1 N–H and O–H groups in total. The van der Waals surface area contributed by atoms with Gasteiger partial charge in [0.25, 0.3) is 0 Å². The lowest BCUT2D eigenvalue weighted by atomic mass is 9.95.